The number of amides is 1. The minimum absolute atomic E-state index is 0.0499. The predicted octanol–water partition coefficient (Wildman–Crippen LogP) is 3.13. The molecule has 0 unspecified atom stereocenters. The summed E-state index contributed by atoms with van der Waals surface area (Å²) < 4.78 is 1.39. The number of rotatable bonds is 4. The number of carbonyl (C=O) groups excluding carboxylic acids is 1. The van der Waals surface area contributed by atoms with Gasteiger partial charge in [0, 0.05) is 23.5 Å². The van der Waals surface area contributed by atoms with E-state index in [2.05, 4.69) is 10.3 Å². The molecular weight excluding hydrogens is 310 g/mol. The summed E-state index contributed by atoms with van der Waals surface area (Å²) in [6.45, 7) is 4.08. The average Bonchev–Trinajstić information content (AvgIpc) is 3.04. The second-order valence-electron chi connectivity index (χ2n) is 5.15. The number of hydrogen-bond donors (Lipinski definition) is 1. The second-order valence-corrected chi connectivity index (χ2v) is 6.02. The van der Waals surface area contributed by atoms with Crippen molar-refractivity contribution >= 4 is 27.9 Å². The van der Waals surface area contributed by atoms with Crippen LogP contribution in [0.2, 0.25) is 0 Å². The van der Waals surface area contributed by atoms with Crippen LogP contribution in [-0.2, 0) is 12.8 Å². The smallest absolute Gasteiger partial charge is 0.271 e. The van der Waals surface area contributed by atoms with Gasteiger partial charge in [0.05, 0.1) is 0 Å². The van der Waals surface area contributed by atoms with Gasteiger partial charge in [0.25, 0.3) is 11.5 Å². The van der Waals surface area contributed by atoms with Gasteiger partial charge in [-0.25, -0.2) is 4.98 Å². The number of thiazole rings is 1. The predicted molar refractivity (Wildman–Crippen MR) is 92.5 cm³/mol. The Hall–Kier alpha value is -2.47. The van der Waals surface area contributed by atoms with Gasteiger partial charge in [0.1, 0.15) is 5.56 Å². The Balaban J connectivity index is 2.01. The standard InChI is InChI=1S/C17H17N3O2S/c1-3-11-6-5-7-12(4-2)14(11)19-15(21)13-10-18-17-20(16(13)22)8-9-23-17/h5-10H,3-4H2,1-2H3,(H,19,21). The zero-order valence-electron chi connectivity index (χ0n) is 13.0. The molecule has 1 amide bonds. The van der Waals surface area contributed by atoms with Gasteiger partial charge in [-0.15, -0.1) is 11.3 Å². The number of carbonyl (C=O) groups is 1. The Morgan fingerprint density at radius 3 is 2.61 bits per heavy atom. The third kappa shape index (κ3) is 2.77. The largest absolute Gasteiger partial charge is 0.321 e. The first kappa shape index (κ1) is 15.4. The van der Waals surface area contributed by atoms with E-state index < -0.39 is 5.91 Å². The van der Waals surface area contributed by atoms with E-state index in [4.69, 9.17) is 0 Å². The number of fused-ring (bicyclic) bond motifs is 1. The van der Waals surface area contributed by atoms with Crippen molar-refractivity contribution in [1.29, 1.82) is 0 Å². The van der Waals surface area contributed by atoms with Gasteiger partial charge in [-0.1, -0.05) is 32.0 Å². The SMILES string of the molecule is CCc1cccc(CC)c1NC(=O)c1cnc2sccn2c1=O. The average molecular weight is 327 g/mol. The Labute approximate surface area is 137 Å². The molecule has 0 saturated heterocycles. The van der Waals surface area contributed by atoms with Crippen LogP contribution in [0.25, 0.3) is 4.96 Å². The van der Waals surface area contributed by atoms with E-state index in [0.29, 0.717) is 4.96 Å². The summed E-state index contributed by atoms with van der Waals surface area (Å²) in [7, 11) is 0. The van der Waals surface area contributed by atoms with Crippen molar-refractivity contribution in [2.45, 2.75) is 26.7 Å². The first-order chi connectivity index (χ1) is 11.2. The molecule has 0 bridgehead atoms. The highest BCUT2D eigenvalue weighted by atomic mass is 32.1. The summed E-state index contributed by atoms with van der Waals surface area (Å²) in [5, 5.41) is 4.68. The van der Waals surface area contributed by atoms with Crippen LogP contribution in [0.4, 0.5) is 5.69 Å². The van der Waals surface area contributed by atoms with Crippen molar-refractivity contribution in [3.8, 4) is 0 Å². The summed E-state index contributed by atoms with van der Waals surface area (Å²) >= 11 is 1.36. The van der Waals surface area contributed by atoms with Crippen LogP contribution < -0.4 is 10.9 Å². The fourth-order valence-corrected chi connectivity index (χ4v) is 3.24. The number of benzene rings is 1. The summed E-state index contributed by atoms with van der Waals surface area (Å²) in [5.41, 5.74) is 2.62. The lowest BCUT2D eigenvalue weighted by molar-refractivity contribution is 0.102. The molecule has 2 heterocycles. The fourth-order valence-electron chi connectivity index (χ4n) is 2.56. The highest BCUT2D eigenvalue weighted by molar-refractivity contribution is 7.15. The van der Waals surface area contributed by atoms with Gasteiger partial charge < -0.3 is 5.32 Å². The van der Waals surface area contributed by atoms with Gasteiger partial charge in [-0.2, -0.15) is 0 Å². The molecule has 0 atom stereocenters. The van der Waals surface area contributed by atoms with Crippen molar-refractivity contribution in [2.75, 3.05) is 5.32 Å². The van der Waals surface area contributed by atoms with E-state index >= 15 is 0 Å². The molecule has 0 aliphatic rings. The normalized spacial score (nSPS) is 10.9. The molecular formula is C17H17N3O2S. The fraction of sp³-hybridized carbons (Fsp3) is 0.235. The minimum Gasteiger partial charge on any atom is -0.321 e. The molecule has 118 valence electrons. The Bertz CT molecular complexity index is 905. The van der Waals surface area contributed by atoms with Crippen LogP contribution in [0, 0.1) is 0 Å². The van der Waals surface area contributed by atoms with E-state index in [9.17, 15) is 9.59 Å². The summed E-state index contributed by atoms with van der Waals surface area (Å²) in [6.07, 6.45) is 4.60. The Kier molecular flexibility index (Phi) is 4.25. The molecule has 0 spiro atoms. The third-order valence-corrected chi connectivity index (χ3v) is 4.60. The second kappa shape index (κ2) is 6.34. The van der Waals surface area contributed by atoms with E-state index in [1.54, 1.807) is 11.6 Å². The molecule has 6 heteroatoms. The van der Waals surface area contributed by atoms with Gasteiger partial charge >= 0.3 is 0 Å². The van der Waals surface area contributed by atoms with Crippen molar-refractivity contribution < 1.29 is 4.79 Å². The van der Waals surface area contributed by atoms with Crippen LogP contribution >= 0.6 is 11.3 Å². The van der Waals surface area contributed by atoms with E-state index in [0.717, 1.165) is 29.7 Å². The number of hydrogen-bond acceptors (Lipinski definition) is 4. The van der Waals surface area contributed by atoms with Crippen LogP contribution in [0.1, 0.15) is 35.3 Å². The quantitative estimate of drug-likeness (QED) is 0.801. The molecule has 1 aromatic carbocycles. The molecule has 3 aromatic rings. The molecule has 5 nitrogen and oxygen atoms in total. The van der Waals surface area contributed by atoms with Gasteiger partial charge in [-0.3, -0.25) is 14.0 Å². The lowest BCUT2D eigenvalue weighted by Crippen LogP contribution is -2.26. The topological polar surface area (TPSA) is 63.5 Å². The first-order valence-electron chi connectivity index (χ1n) is 7.52. The molecule has 0 aliphatic carbocycles. The van der Waals surface area contributed by atoms with E-state index in [1.165, 1.54) is 21.9 Å². The summed E-state index contributed by atoms with van der Waals surface area (Å²) in [6, 6.07) is 5.96. The van der Waals surface area contributed by atoms with Gasteiger partial charge in [0.2, 0.25) is 0 Å². The number of aryl methyl sites for hydroxylation is 2. The minimum atomic E-state index is -0.418. The monoisotopic (exact) mass is 327 g/mol. The number of anilines is 1. The molecule has 2 aromatic heterocycles. The zero-order valence-corrected chi connectivity index (χ0v) is 13.8. The molecule has 1 N–H and O–H groups in total. The maximum absolute atomic E-state index is 12.6. The van der Waals surface area contributed by atoms with E-state index in [1.807, 2.05) is 32.0 Å². The number of nitrogens with zero attached hydrogens (tertiary/aromatic N) is 2. The highest BCUT2D eigenvalue weighted by Gasteiger charge is 2.16. The van der Waals surface area contributed by atoms with Crippen LogP contribution in [-0.4, -0.2) is 15.3 Å². The van der Waals surface area contributed by atoms with Crippen LogP contribution in [0.15, 0.2) is 40.8 Å². The molecule has 0 aliphatic heterocycles. The summed E-state index contributed by atoms with van der Waals surface area (Å²) in [4.78, 5) is 29.7. The van der Waals surface area contributed by atoms with Crippen molar-refractivity contribution in [1.82, 2.24) is 9.38 Å². The molecule has 0 radical (unpaired) electrons. The van der Waals surface area contributed by atoms with Gasteiger partial charge in [-0.05, 0) is 24.0 Å². The molecule has 0 fully saturated rings. The maximum atomic E-state index is 12.6. The number of aromatic nitrogens is 2. The van der Waals surface area contributed by atoms with Crippen molar-refractivity contribution in [3.63, 3.8) is 0 Å². The maximum Gasteiger partial charge on any atom is 0.271 e. The lowest BCUT2D eigenvalue weighted by Gasteiger charge is -2.14. The van der Waals surface area contributed by atoms with Crippen molar-refractivity contribution in [2.24, 2.45) is 0 Å². The lowest BCUT2D eigenvalue weighted by atomic mass is 10.0. The molecule has 3 rings (SSSR count). The third-order valence-electron chi connectivity index (χ3n) is 3.82. The van der Waals surface area contributed by atoms with Crippen molar-refractivity contribution in [3.05, 3.63) is 63.0 Å². The Morgan fingerprint density at radius 2 is 1.96 bits per heavy atom. The zero-order chi connectivity index (χ0) is 16.4. The summed E-state index contributed by atoms with van der Waals surface area (Å²) in [5.74, 6) is -0.418. The Morgan fingerprint density at radius 1 is 1.26 bits per heavy atom. The first-order valence-corrected chi connectivity index (χ1v) is 8.40. The van der Waals surface area contributed by atoms with Crippen LogP contribution in [0.3, 0.4) is 0 Å². The van der Waals surface area contributed by atoms with E-state index in [-0.39, 0.29) is 11.1 Å². The molecule has 0 saturated carbocycles. The highest BCUT2D eigenvalue weighted by Crippen LogP contribution is 2.23. The van der Waals surface area contributed by atoms with Crippen LogP contribution in [0.5, 0.6) is 0 Å². The van der Waals surface area contributed by atoms with Gasteiger partial charge in [0.15, 0.2) is 4.96 Å². The number of nitrogens with one attached hydrogen (secondary N) is 1. The number of para-hydroxylation sites is 1. The molecule has 23 heavy (non-hydrogen) atoms.